The van der Waals surface area contributed by atoms with Gasteiger partial charge in [-0.3, -0.25) is 4.68 Å². The zero-order chi connectivity index (χ0) is 27.2. The number of anilines is 4. The van der Waals surface area contributed by atoms with E-state index in [1.165, 1.54) is 27.6 Å². The first kappa shape index (κ1) is 26.7. The van der Waals surface area contributed by atoms with Gasteiger partial charge in [0.25, 0.3) is 0 Å². The normalized spacial score (nSPS) is 17.9. The minimum Gasteiger partial charge on any atom is -0.488 e. The number of rotatable bonds is 7. The summed E-state index contributed by atoms with van der Waals surface area (Å²) in [5, 5.41) is 13.6. The number of sulfone groups is 1. The molecule has 3 N–H and O–H groups in total. The molecule has 1 unspecified atom stereocenters. The Morgan fingerprint density at radius 3 is 2.66 bits per heavy atom. The van der Waals surface area contributed by atoms with Crippen LogP contribution in [0.15, 0.2) is 23.5 Å². The fourth-order valence-electron chi connectivity index (χ4n) is 5.27. The van der Waals surface area contributed by atoms with Crippen LogP contribution >= 0.6 is 11.6 Å². The molecule has 1 atom stereocenters. The van der Waals surface area contributed by atoms with E-state index >= 15 is 0 Å². The Morgan fingerprint density at radius 1 is 1.21 bits per heavy atom. The van der Waals surface area contributed by atoms with E-state index in [1.807, 2.05) is 0 Å². The first-order chi connectivity index (χ1) is 18.0. The number of aryl methyl sites for hydroxylation is 2. The number of ether oxygens (including phenoxy) is 1. The molecule has 0 aliphatic carbocycles. The van der Waals surface area contributed by atoms with E-state index in [9.17, 15) is 8.42 Å². The van der Waals surface area contributed by atoms with Crippen LogP contribution in [0.4, 0.5) is 23.1 Å². The van der Waals surface area contributed by atoms with Gasteiger partial charge in [-0.2, -0.15) is 10.1 Å². The lowest BCUT2D eigenvalue weighted by molar-refractivity contribution is 0.256. The van der Waals surface area contributed by atoms with Gasteiger partial charge in [0, 0.05) is 25.2 Å². The van der Waals surface area contributed by atoms with Crippen molar-refractivity contribution < 1.29 is 13.2 Å². The Kier molecular flexibility index (Phi) is 7.27. The number of hydrogen-bond donors (Lipinski definition) is 3. The number of halogens is 1. The third kappa shape index (κ3) is 5.06. The molecule has 1 aromatic carbocycles. The van der Waals surface area contributed by atoms with Gasteiger partial charge in [-0.1, -0.05) is 11.6 Å². The van der Waals surface area contributed by atoms with Crippen LogP contribution in [0.5, 0.6) is 5.75 Å². The van der Waals surface area contributed by atoms with E-state index in [1.54, 1.807) is 27.1 Å². The maximum atomic E-state index is 12.8. The second-order valence-electron chi connectivity index (χ2n) is 10.4. The predicted molar refractivity (Wildman–Crippen MR) is 149 cm³/mol. The van der Waals surface area contributed by atoms with Gasteiger partial charge in [-0.25, -0.2) is 13.4 Å². The third-order valence-electron chi connectivity index (χ3n) is 7.12. The first-order valence-corrected chi connectivity index (χ1v) is 14.8. The van der Waals surface area contributed by atoms with Gasteiger partial charge in [-0.15, -0.1) is 0 Å². The van der Waals surface area contributed by atoms with Crippen LogP contribution < -0.4 is 20.7 Å². The molecule has 0 amide bonds. The summed E-state index contributed by atoms with van der Waals surface area (Å²) < 4.78 is 33.4. The van der Waals surface area contributed by atoms with Crippen LogP contribution in [0.25, 0.3) is 0 Å². The molecule has 3 aromatic rings. The van der Waals surface area contributed by atoms with Gasteiger partial charge in [-0.05, 0) is 76.7 Å². The molecular formula is C26H34ClN7O3S. The number of fused-ring (bicyclic) bond motifs is 1. The van der Waals surface area contributed by atoms with Gasteiger partial charge in [0.2, 0.25) is 20.8 Å². The van der Waals surface area contributed by atoms with E-state index in [0.29, 0.717) is 17.6 Å². The fourth-order valence-corrected chi connectivity index (χ4v) is 6.51. The van der Waals surface area contributed by atoms with E-state index in [0.717, 1.165) is 43.8 Å². The van der Waals surface area contributed by atoms with Crippen LogP contribution in [-0.2, 0) is 23.3 Å². The molecule has 38 heavy (non-hydrogen) atoms. The lowest BCUT2D eigenvalue weighted by atomic mass is 9.83. The van der Waals surface area contributed by atoms with Crippen molar-refractivity contribution >= 4 is 44.6 Å². The van der Waals surface area contributed by atoms with E-state index < -0.39 is 15.1 Å². The third-order valence-corrected chi connectivity index (χ3v) is 9.47. The van der Waals surface area contributed by atoms with Gasteiger partial charge in [0.1, 0.15) is 16.9 Å². The number of benzene rings is 1. The topological polar surface area (TPSA) is 123 Å². The lowest BCUT2D eigenvalue weighted by Crippen LogP contribution is -2.27. The fraction of sp³-hybridized carbons (Fsp3) is 0.500. The number of hydrogen-bond acceptors (Lipinski definition) is 9. The summed E-state index contributed by atoms with van der Waals surface area (Å²) in [5.74, 6) is 1.95. The van der Waals surface area contributed by atoms with Crippen molar-refractivity contribution in [2.24, 2.45) is 7.05 Å². The highest BCUT2D eigenvalue weighted by molar-refractivity contribution is 7.92. The average Bonchev–Trinajstić information content (AvgIpc) is 3.44. The maximum absolute atomic E-state index is 12.8. The summed E-state index contributed by atoms with van der Waals surface area (Å²) in [5.41, 5.74) is 5.00. The monoisotopic (exact) mass is 559 g/mol. The summed E-state index contributed by atoms with van der Waals surface area (Å²) in [6.07, 6.45) is 6.26. The minimum absolute atomic E-state index is 0.0523. The van der Waals surface area contributed by atoms with Crippen molar-refractivity contribution in [3.63, 3.8) is 0 Å². The van der Waals surface area contributed by atoms with Crippen molar-refractivity contribution in [3.05, 3.63) is 40.2 Å². The molecule has 0 radical (unpaired) electrons. The molecule has 4 heterocycles. The standard InChI is InChI=1S/C26H34ClN7O3S/c1-14(2)38(35,36)25-21(13-34(5)33-25)30-24-19(27)12-29-26(32-24)31-20-10-15(3)22(17-6-8-28-9-7-17)18-11-16(4)37-23(18)20/h10,12-14,16-17,28H,6-9,11H2,1-5H3,(H2,29,30,31,32). The van der Waals surface area contributed by atoms with Crippen LogP contribution in [0.3, 0.4) is 0 Å². The molecule has 2 aliphatic rings. The zero-order valence-corrected chi connectivity index (χ0v) is 23.9. The first-order valence-electron chi connectivity index (χ1n) is 12.9. The number of nitrogens with one attached hydrogen (secondary N) is 3. The van der Waals surface area contributed by atoms with Crippen molar-refractivity contribution in [1.82, 2.24) is 25.1 Å². The van der Waals surface area contributed by atoms with Crippen molar-refractivity contribution in [2.45, 2.75) is 69.3 Å². The summed E-state index contributed by atoms with van der Waals surface area (Å²) in [6, 6.07) is 2.10. The highest BCUT2D eigenvalue weighted by Gasteiger charge is 2.31. The van der Waals surface area contributed by atoms with Gasteiger partial charge < -0.3 is 20.7 Å². The maximum Gasteiger partial charge on any atom is 0.229 e. The molecule has 0 spiro atoms. The Morgan fingerprint density at radius 2 is 1.95 bits per heavy atom. The molecule has 2 aliphatic heterocycles. The molecule has 2 aromatic heterocycles. The highest BCUT2D eigenvalue weighted by Crippen LogP contribution is 2.45. The summed E-state index contributed by atoms with van der Waals surface area (Å²) in [4.78, 5) is 8.94. The molecular weight excluding hydrogens is 526 g/mol. The second-order valence-corrected chi connectivity index (χ2v) is 13.2. The lowest BCUT2D eigenvalue weighted by Gasteiger charge is -2.27. The van der Waals surface area contributed by atoms with Crippen LogP contribution in [0.2, 0.25) is 5.02 Å². The minimum atomic E-state index is -3.63. The van der Waals surface area contributed by atoms with E-state index in [4.69, 9.17) is 16.3 Å². The number of aromatic nitrogens is 4. The zero-order valence-electron chi connectivity index (χ0n) is 22.3. The summed E-state index contributed by atoms with van der Waals surface area (Å²) in [7, 11) is -1.96. The molecule has 12 heteroatoms. The quantitative estimate of drug-likeness (QED) is 0.380. The number of nitrogens with zero attached hydrogens (tertiary/aromatic N) is 4. The molecule has 5 rings (SSSR count). The van der Waals surface area contributed by atoms with Gasteiger partial charge in [0.05, 0.1) is 22.8 Å². The van der Waals surface area contributed by atoms with E-state index in [-0.39, 0.29) is 22.0 Å². The second kappa shape index (κ2) is 10.3. The summed E-state index contributed by atoms with van der Waals surface area (Å²) >= 11 is 6.41. The molecule has 1 saturated heterocycles. The average molecular weight is 560 g/mol. The van der Waals surface area contributed by atoms with E-state index in [2.05, 4.69) is 50.9 Å². The number of piperidine rings is 1. The molecule has 0 bridgehead atoms. The summed E-state index contributed by atoms with van der Waals surface area (Å²) in [6.45, 7) is 9.53. The largest absolute Gasteiger partial charge is 0.488 e. The SMILES string of the molecule is Cc1cc(Nc2ncc(Cl)c(Nc3cn(C)nc3S(=O)(=O)C(C)C)n2)c2c(c1C1CCNCC1)CC(C)O2. The van der Waals surface area contributed by atoms with Crippen LogP contribution in [0.1, 0.15) is 56.2 Å². The molecule has 204 valence electrons. The van der Waals surface area contributed by atoms with Gasteiger partial charge >= 0.3 is 0 Å². The van der Waals surface area contributed by atoms with Crippen molar-refractivity contribution in [2.75, 3.05) is 23.7 Å². The molecule has 10 nitrogen and oxygen atoms in total. The molecule has 0 saturated carbocycles. The Balaban J connectivity index is 1.47. The highest BCUT2D eigenvalue weighted by atomic mass is 35.5. The van der Waals surface area contributed by atoms with Crippen molar-refractivity contribution in [3.8, 4) is 5.75 Å². The predicted octanol–water partition coefficient (Wildman–Crippen LogP) is 4.63. The van der Waals surface area contributed by atoms with Crippen molar-refractivity contribution in [1.29, 1.82) is 0 Å². The Bertz CT molecular complexity index is 1470. The van der Waals surface area contributed by atoms with Crippen LogP contribution in [-0.4, -0.2) is 52.6 Å². The van der Waals surface area contributed by atoms with Crippen LogP contribution in [0, 0.1) is 6.92 Å². The van der Waals surface area contributed by atoms with Gasteiger partial charge in [0.15, 0.2) is 5.82 Å². The Labute approximate surface area is 228 Å². The Hall–Kier alpha value is -2.89. The molecule has 1 fully saturated rings. The smallest absolute Gasteiger partial charge is 0.229 e.